The normalized spacial score (nSPS) is 12.3. The lowest BCUT2D eigenvalue weighted by Gasteiger charge is -2.14. The highest BCUT2D eigenvalue weighted by atomic mass is 16.4. The zero-order chi connectivity index (χ0) is 20.7. The molecule has 5 aromatic rings. The SMILES string of the molecule is CNc1nc2oc(-c3cccc(C(NC=O)c4ccco4)c3)nc2c2c1ncn2C. The van der Waals surface area contributed by atoms with Gasteiger partial charge in [0.2, 0.25) is 12.3 Å². The molecule has 1 unspecified atom stereocenters. The minimum atomic E-state index is -0.417. The van der Waals surface area contributed by atoms with Crippen molar-refractivity contribution >= 4 is 34.5 Å². The zero-order valence-corrected chi connectivity index (χ0v) is 16.3. The van der Waals surface area contributed by atoms with E-state index in [1.54, 1.807) is 25.7 Å². The van der Waals surface area contributed by atoms with E-state index in [2.05, 4.69) is 20.6 Å². The Morgan fingerprint density at radius 1 is 1.17 bits per heavy atom. The Morgan fingerprint density at radius 2 is 2.07 bits per heavy atom. The van der Waals surface area contributed by atoms with Crippen molar-refractivity contribution in [2.75, 3.05) is 12.4 Å². The van der Waals surface area contributed by atoms with Crippen LogP contribution in [0, 0.1) is 0 Å². The fraction of sp³-hybridized carbons (Fsp3) is 0.143. The van der Waals surface area contributed by atoms with Crippen molar-refractivity contribution in [3.05, 3.63) is 60.3 Å². The average molecular weight is 402 g/mol. The molecule has 4 heterocycles. The molecule has 5 rings (SSSR count). The van der Waals surface area contributed by atoms with Gasteiger partial charge in [0.1, 0.15) is 22.8 Å². The van der Waals surface area contributed by atoms with Crippen molar-refractivity contribution in [2.24, 2.45) is 7.05 Å². The molecular formula is C21H18N6O3. The van der Waals surface area contributed by atoms with Gasteiger partial charge in [-0.05, 0) is 29.8 Å². The highest BCUT2D eigenvalue weighted by Gasteiger charge is 2.20. The van der Waals surface area contributed by atoms with E-state index in [0.29, 0.717) is 35.1 Å². The maximum Gasteiger partial charge on any atom is 0.251 e. The summed E-state index contributed by atoms with van der Waals surface area (Å²) in [4.78, 5) is 24.8. The zero-order valence-electron chi connectivity index (χ0n) is 16.3. The Bertz CT molecular complexity index is 1350. The van der Waals surface area contributed by atoms with Crippen LogP contribution < -0.4 is 10.6 Å². The molecule has 0 saturated heterocycles. The van der Waals surface area contributed by atoms with Crippen LogP contribution in [0.1, 0.15) is 17.4 Å². The van der Waals surface area contributed by atoms with E-state index in [9.17, 15) is 4.79 Å². The third-order valence-corrected chi connectivity index (χ3v) is 4.97. The Hall–Kier alpha value is -4.14. The lowest BCUT2D eigenvalue weighted by Crippen LogP contribution is -2.20. The fourth-order valence-electron chi connectivity index (χ4n) is 3.59. The van der Waals surface area contributed by atoms with E-state index in [1.807, 2.05) is 41.9 Å². The number of oxazole rings is 1. The topological polar surface area (TPSA) is 111 Å². The first-order chi connectivity index (χ1) is 14.7. The first-order valence-corrected chi connectivity index (χ1v) is 9.32. The highest BCUT2D eigenvalue weighted by Crippen LogP contribution is 2.32. The molecule has 30 heavy (non-hydrogen) atoms. The molecule has 4 aromatic heterocycles. The monoisotopic (exact) mass is 402 g/mol. The van der Waals surface area contributed by atoms with Crippen molar-refractivity contribution in [3.63, 3.8) is 0 Å². The summed E-state index contributed by atoms with van der Waals surface area (Å²) in [5.74, 6) is 1.69. The number of rotatable bonds is 6. The Morgan fingerprint density at radius 3 is 2.83 bits per heavy atom. The number of nitrogens with one attached hydrogen (secondary N) is 2. The maximum atomic E-state index is 11.1. The summed E-state index contributed by atoms with van der Waals surface area (Å²) in [5.41, 5.74) is 4.23. The molecule has 150 valence electrons. The highest BCUT2D eigenvalue weighted by molar-refractivity contribution is 6.03. The van der Waals surface area contributed by atoms with Gasteiger partial charge in [-0.3, -0.25) is 4.79 Å². The summed E-state index contributed by atoms with van der Waals surface area (Å²) in [6.45, 7) is 0. The number of nitrogens with zero attached hydrogens (tertiary/aromatic N) is 4. The number of pyridine rings is 1. The number of carbonyl (C=O) groups is 1. The van der Waals surface area contributed by atoms with Crippen LogP contribution in [0.25, 0.3) is 33.7 Å². The van der Waals surface area contributed by atoms with E-state index in [1.165, 1.54) is 0 Å². The standard InChI is InChI=1S/C21H18N6O3/c1-22-19-16-18(27(2)10-23-16)17-21(26-19)30-20(25-17)13-6-3-5-12(9-13)15(24-11-28)14-7-4-8-29-14/h3-11,15H,1-2H3,(H,22,26)(H,24,28). The van der Waals surface area contributed by atoms with Crippen LogP contribution in [-0.2, 0) is 11.8 Å². The van der Waals surface area contributed by atoms with Gasteiger partial charge in [0.25, 0.3) is 5.71 Å². The second-order valence-corrected chi connectivity index (χ2v) is 6.79. The van der Waals surface area contributed by atoms with Crippen LogP contribution in [0.2, 0.25) is 0 Å². The summed E-state index contributed by atoms with van der Waals surface area (Å²) in [6, 6.07) is 10.8. The molecule has 9 heteroatoms. The Balaban J connectivity index is 1.64. The molecule has 0 fully saturated rings. The number of furan rings is 1. The number of hydrogen-bond donors (Lipinski definition) is 2. The molecule has 9 nitrogen and oxygen atoms in total. The summed E-state index contributed by atoms with van der Waals surface area (Å²) in [7, 11) is 3.69. The van der Waals surface area contributed by atoms with Gasteiger partial charge in [0.15, 0.2) is 11.3 Å². The molecule has 0 aliphatic carbocycles. The van der Waals surface area contributed by atoms with Crippen molar-refractivity contribution in [2.45, 2.75) is 6.04 Å². The Kier molecular flexibility index (Phi) is 4.20. The van der Waals surface area contributed by atoms with E-state index in [4.69, 9.17) is 13.8 Å². The third kappa shape index (κ3) is 2.79. The number of aryl methyl sites for hydroxylation is 1. The number of hydrogen-bond acceptors (Lipinski definition) is 7. The van der Waals surface area contributed by atoms with Gasteiger partial charge >= 0.3 is 0 Å². The molecule has 2 N–H and O–H groups in total. The van der Waals surface area contributed by atoms with Gasteiger partial charge in [0, 0.05) is 19.7 Å². The second-order valence-electron chi connectivity index (χ2n) is 6.79. The lowest BCUT2D eigenvalue weighted by atomic mass is 10.0. The third-order valence-electron chi connectivity index (χ3n) is 4.97. The molecule has 0 saturated carbocycles. The van der Waals surface area contributed by atoms with Crippen LogP contribution in [0.3, 0.4) is 0 Å². The van der Waals surface area contributed by atoms with Crippen LogP contribution in [0.15, 0.2) is 57.8 Å². The number of benzene rings is 1. The summed E-state index contributed by atoms with van der Waals surface area (Å²) in [5, 5.41) is 5.84. The molecule has 1 aromatic carbocycles. The van der Waals surface area contributed by atoms with E-state index in [-0.39, 0.29) is 0 Å². The van der Waals surface area contributed by atoms with Crippen LogP contribution >= 0.6 is 0 Å². The average Bonchev–Trinajstić information content (AvgIpc) is 3.51. The van der Waals surface area contributed by atoms with Gasteiger partial charge in [-0.1, -0.05) is 12.1 Å². The number of anilines is 1. The number of aromatic nitrogens is 4. The van der Waals surface area contributed by atoms with Crippen LogP contribution in [0.5, 0.6) is 0 Å². The van der Waals surface area contributed by atoms with E-state index >= 15 is 0 Å². The maximum absolute atomic E-state index is 11.1. The molecule has 1 amide bonds. The van der Waals surface area contributed by atoms with Gasteiger partial charge in [-0.15, -0.1) is 0 Å². The van der Waals surface area contributed by atoms with E-state index in [0.717, 1.165) is 22.2 Å². The van der Waals surface area contributed by atoms with Gasteiger partial charge in [-0.2, -0.15) is 4.98 Å². The van der Waals surface area contributed by atoms with Crippen LogP contribution in [-0.4, -0.2) is 33.0 Å². The largest absolute Gasteiger partial charge is 0.467 e. The van der Waals surface area contributed by atoms with Crippen LogP contribution in [0.4, 0.5) is 5.82 Å². The van der Waals surface area contributed by atoms with E-state index < -0.39 is 6.04 Å². The summed E-state index contributed by atoms with van der Waals surface area (Å²) >= 11 is 0. The van der Waals surface area contributed by atoms with Crippen molar-refractivity contribution in [3.8, 4) is 11.5 Å². The predicted octanol–water partition coefficient (Wildman–Crippen LogP) is 3.25. The molecule has 0 radical (unpaired) electrons. The molecular weight excluding hydrogens is 384 g/mol. The molecule has 1 atom stereocenters. The minimum Gasteiger partial charge on any atom is -0.467 e. The second kappa shape index (κ2) is 7.03. The number of fused-ring (bicyclic) bond motifs is 3. The van der Waals surface area contributed by atoms with Crippen molar-refractivity contribution in [1.82, 2.24) is 24.8 Å². The van der Waals surface area contributed by atoms with Gasteiger partial charge in [-0.25, -0.2) is 9.97 Å². The van der Waals surface area contributed by atoms with Crippen molar-refractivity contribution < 1.29 is 13.6 Å². The molecule has 0 aliphatic rings. The Labute approximate surface area is 170 Å². The smallest absolute Gasteiger partial charge is 0.251 e. The first kappa shape index (κ1) is 17.9. The number of amides is 1. The van der Waals surface area contributed by atoms with Gasteiger partial charge in [0.05, 0.1) is 12.6 Å². The fourth-order valence-corrected chi connectivity index (χ4v) is 3.59. The molecule has 0 spiro atoms. The quantitative estimate of drug-likeness (QED) is 0.419. The summed E-state index contributed by atoms with van der Waals surface area (Å²) in [6.07, 6.45) is 3.95. The number of carbonyl (C=O) groups excluding carboxylic acids is 1. The lowest BCUT2D eigenvalue weighted by molar-refractivity contribution is -0.110. The summed E-state index contributed by atoms with van der Waals surface area (Å²) < 4.78 is 13.4. The molecule has 0 aliphatic heterocycles. The number of imidazole rings is 1. The van der Waals surface area contributed by atoms with Crippen molar-refractivity contribution in [1.29, 1.82) is 0 Å². The predicted molar refractivity (Wildman–Crippen MR) is 111 cm³/mol. The molecule has 0 bridgehead atoms. The first-order valence-electron chi connectivity index (χ1n) is 9.32. The minimum absolute atomic E-state index is 0.417. The van der Waals surface area contributed by atoms with Gasteiger partial charge < -0.3 is 24.0 Å².